The van der Waals surface area contributed by atoms with Gasteiger partial charge in [0.1, 0.15) is 0 Å². The van der Waals surface area contributed by atoms with Gasteiger partial charge in [-0.25, -0.2) is 0 Å². The number of non-ortho nitro benzene ring substituents is 1. The standard InChI is InChI=1S/C20H25N3O2/c1-20(2)16-21(14-18-9-6-10-19(13-18)23(24)25)11-12-22(20)15-17-7-4-3-5-8-17/h3-10,13H,11-12,14-16H2,1-2H3. The Morgan fingerprint density at radius 3 is 2.40 bits per heavy atom. The van der Waals surface area contributed by atoms with Gasteiger partial charge in [0, 0.05) is 50.4 Å². The van der Waals surface area contributed by atoms with Crippen molar-refractivity contribution in [2.45, 2.75) is 32.5 Å². The largest absolute Gasteiger partial charge is 0.296 e. The van der Waals surface area contributed by atoms with Gasteiger partial charge in [0.25, 0.3) is 5.69 Å². The molecule has 1 saturated heterocycles. The maximum absolute atomic E-state index is 11.0. The minimum Gasteiger partial charge on any atom is -0.296 e. The summed E-state index contributed by atoms with van der Waals surface area (Å²) >= 11 is 0. The molecule has 0 aromatic heterocycles. The number of hydrogen-bond donors (Lipinski definition) is 0. The number of rotatable bonds is 5. The van der Waals surface area contributed by atoms with Gasteiger partial charge in [-0.2, -0.15) is 0 Å². The van der Waals surface area contributed by atoms with Gasteiger partial charge in [0.2, 0.25) is 0 Å². The predicted octanol–water partition coefficient (Wildman–Crippen LogP) is 3.69. The molecule has 132 valence electrons. The molecule has 25 heavy (non-hydrogen) atoms. The molecule has 0 bridgehead atoms. The first kappa shape index (κ1) is 17.6. The van der Waals surface area contributed by atoms with E-state index in [4.69, 9.17) is 0 Å². The van der Waals surface area contributed by atoms with Gasteiger partial charge in [0.05, 0.1) is 4.92 Å². The van der Waals surface area contributed by atoms with Gasteiger partial charge in [-0.15, -0.1) is 0 Å². The molecule has 0 aliphatic carbocycles. The molecule has 1 aliphatic rings. The highest BCUT2D eigenvalue weighted by Gasteiger charge is 2.33. The molecule has 5 heteroatoms. The molecular formula is C20H25N3O2. The molecular weight excluding hydrogens is 314 g/mol. The zero-order valence-electron chi connectivity index (χ0n) is 14.9. The summed E-state index contributed by atoms with van der Waals surface area (Å²) in [5, 5.41) is 11.0. The summed E-state index contributed by atoms with van der Waals surface area (Å²) in [6, 6.07) is 17.5. The number of benzene rings is 2. The second-order valence-corrected chi connectivity index (χ2v) is 7.36. The Hall–Kier alpha value is -2.24. The first-order valence-electron chi connectivity index (χ1n) is 8.69. The van der Waals surface area contributed by atoms with E-state index < -0.39 is 0 Å². The fraction of sp³-hybridized carbons (Fsp3) is 0.400. The van der Waals surface area contributed by atoms with Crippen LogP contribution in [0.4, 0.5) is 5.69 Å². The lowest BCUT2D eigenvalue weighted by molar-refractivity contribution is -0.384. The Balaban J connectivity index is 1.64. The highest BCUT2D eigenvalue weighted by molar-refractivity contribution is 5.34. The zero-order chi connectivity index (χ0) is 17.9. The number of nitro benzene ring substituents is 1. The molecule has 0 amide bonds. The van der Waals surface area contributed by atoms with Crippen molar-refractivity contribution < 1.29 is 4.92 Å². The fourth-order valence-electron chi connectivity index (χ4n) is 3.55. The maximum Gasteiger partial charge on any atom is 0.269 e. The van der Waals surface area contributed by atoms with E-state index in [1.165, 1.54) is 5.56 Å². The Bertz CT molecular complexity index is 731. The maximum atomic E-state index is 11.0. The van der Waals surface area contributed by atoms with Crippen molar-refractivity contribution >= 4 is 5.69 Å². The summed E-state index contributed by atoms with van der Waals surface area (Å²) in [7, 11) is 0. The molecule has 0 N–H and O–H groups in total. The van der Waals surface area contributed by atoms with Gasteiger partial charge >= 0.3 is 0 Å². The topological polar surface area (TPSA) is 49.6 Å². The van der Waals surface area contributed by atoms with Crippen molar-refractivity contribution in [3.63, 3.8) is 0 Å². The van der Waals surface area contributed by atoms with Gasteiger partial charge in [-0.1, -0.05) is 42.5 Å². The van der Waals surface area contributed by atoms with Crippen molar-refractivity contribution in [1.82, 2.24) is 9.80 Å². The van der Waals surface area contributed by atoms with Crippen LogP contribution in [-0.2, 0) is 13.1 Å². The summed E-state index contributed by atoms with van der Waals surface area (Å²) in [5.41, 5.74) is 2.57. The third-order valence-electron chi connectivity index (χ3n) is 4.90. The first-order chi connectivity index (χ1) is 11.9. The summed E-state index contributed by atoms with van der Waals surface area (Å²) < 4.78 is 0. The van der Waals surface area contributed by atoms with Crippen LogP contribution in [0.5, 0.6) is 0 Å². The molecule has 1 fully saturated rings. The second kappa shape index (κ2) is 7.33. The van der Waals surface area contributed by atoms with E-state index in [1.807, 2.05) is 12.1 Å². The van der Waals surface area contributed by atoms with Crippen LogP contribution in [0.1, 0.15) is 25.0 Å². The Labute approximate surface area is 149 Å². The van der Waals surface area contributed by atoms with E-state index in [-0.39, 0.29) is 16.1 Å². The van der Waals surface area contributed by atoms with Crippen LogP contribution in [0, 0.1) is 10.1 Å². The molecule has 5 nitrogen and oxygen atoms in total. The van der Waals surface area contributed by atoms with E-state index in [1.54, 1.807) is 18.2 Å². The number of nitrogens with zero attached hydrogens (tertiary/aromatic N) is 3. The van der Waals surface area contributed by atoms with Gasteiger partial charge in [-0.3, -0.25) is 19.9 Å². The SMILES string of the molecule is CC1(C)CN(Cc2cccc([N+](=O)[O-])c2)CCN1Cc1ccccc1. The minimum atomic E-state index is -0.328. The third-order valence-corrected chi connectivity index (χ3v) is 4.90. The molecule has 0 spiro atoms. The van der Waals surface area contributed by atoms with Crippen molar-refractivity contribution in [3.8, 4) is 0 Å². The van der Waals surface area contributed by atoms with Crippen LogP contribution in [0.3, 0.4) is 0 Å². The molecule has 2 aromatic rings. The molecule has 3 rings (SSSR count). The second-order valence-electron chi connectivity index (χ2n) is 7.36. The van der Waals surface area contributed by atoms with E-state index in [0.29, 0.717) is 0 Å². The number of nitro groups is 1. The highest BCUT2D eigenvalue weighted by Crippen LogP contribution is 2.25. The predicted molar refractivity (Wildman–Crippen MR) is 99.3 cm³/mol. The van der Waals surface area contributed by atoms with Crippen molar-refractivity contribution in [3.05, 3.63) is 75.8 Å². The van der Waals surface area contributed by atoms with Gasteiger partial charge in [-0.05, 0) is 25.0 Å². The van der Waals surface area contributed by atoms with E-state index >= 15 is 0 Å². The van der Waals surface area contributed by atoms with Crippen LogP contribution in [-0.4, -0.2) is 39.9 Å². The molecule has 0 unspecified atom stereocenters. The Kier molecular flexibility index (Phi) is 5.16. The highest BCUT2D eigenvalue weighted by atomic mass is 16.6. The lowest BCUT2D eigenvalue weighted by Crippen LogP contribution is -2.58. The summed E-state index contributed by atoms with van der Waals surface area (Å²) in [5.74, 6) is 0. The van der Waals surface area contributed by atoms with Crippen molar-refractivity contribution in [1.29, 1.82) is 0 Å². The summed E-state index contributed by atoms with van der Waals surface area (Å²) in [6.07, 6.45) is 0. The Morgan fingerprint density at radius 1 is 1.00 bits per heavy atom. The van der Waals surface area contributed by atoms with E-state index in [9.17, 15) is 10.1 Å². The molecule has 1 aliphatic heterocycles. The molecule has 0 radical (unpaired) electrons. The fourth-order valence-corrected chi connectivity index (χ4v) is 3.55. The summed E-state index contributed by atoms with van der Waals surface area (Å²) in [4.78, 5) is 15.5. The van der Waals surface area contributed by atoms with E-state index in [0.717, 1.165) is 38.3 Å². The molecule has 0 atom stereocenters. The van der Waals surface area contributed by atoms with Crippen LogP contribution >= 0.6 is 0 Å². The lowest BCUT2D eigenvalue weighted by atomic mass is 9.97. The van der Waals surface area contributed by atoms with Crippen LogP contribution in [0.2, 0.25) is 0 Å². The quantitative estimate of drug-likeness (QED) is 0.616. The van der Waals surface area contributed by atoms with Crippen molar-refractivity contribution in [2.24, 2.45) is 0 Å². The van der Waals surface area contributed by atoms with Gasteiger partial charge < -0.3 is 0 Å². The molecule has 0 saturated carbocycles. The zero-order valence-corrected chi connectivity index (χ0v) is 14.9. The average molecular weight is 339 g/mol. The summed E-state index contributed by atoms with van der Waals surface area (Å²) in [6.45, 7) is 9.17. The van der Waals surface area contributed by atoms with Crippen LogP contribution in [0.15, 0.2) is 54.6 Å². The first-order valence-corrected chi connectivity index (χ1v) is 8.69. The average Bonchev–Trinajstić information content (AvgIpc) is 2.58. The monoisotopic (exact) mass is 339 g/mol. The minimum absolute atomic E-state index is 0.0643. The Morgan fingerprint density at radius 2 is 1.72 bits per heavy atom. The smallest absolute Gasteiger partial charge is 0.269 e. The van der Waals surface area contributed by atoms with Crippen molar-refractivity contribution in [2.75, 3.05) is 19.6 Å². The van der Waals surface area contributed by atoms with Gasteiger partial charge in [0.15, 0.2) is 0 Å². The number of piperazine rings is 1. The van der Waals surface area contributed by atoms with E-state index in [2.05, 4.69) is 47.9 Å². The third kappa shape index (κ3) is 4.44. The normalized spacial score (nSPS) is 18.2. The molecule has 2 aromatic carbocycles. The lowest BCUT2D eigenvalue weighted by Gasteiger charge is -2.47. The van der Waals surface area contributed by atoms with Crippen LogP contribution in [0.25, 0.3) is 0 Å². The van der Waals surface area contributed by atoms with Crippen LogP contribution < -0.4 is 0 Å². The molecule has 1 heterocycles. The number of hydrogen-bond acceptors (Lipinski definition) is 4.